The van der Waals surface area contributed by atoms with Crippen molar-refractivity contribution in [2.24, 2.45) is 17.1 Å². The average molecular weight is 356 g/mol. The zero-order valence-electron chi connectivity index (χ0n) is 16.6. The van der Waals surface area contributed by atoms with Gasteiger partial charge in [-0.15, -0.1) is 0 Å². The van der Waals surface area contributed by atoms with Crippen LogP contribution in [-0.2, 0) is 5.54 Å². The van der Waals surface area contributed by atoms with Crippen LogP contribution in [0.5, 0.6) is 5.75 Å². The SMILES string of the molecule is CC(C)(C)C1CCC(Oc2ccc3cc([C@@](C)(N)CO)ccc3c2)CC1. The molecule has 0 radical (unpaired) electrons. The van der Waals surface area contributed by atoms with Crippen molar-refractivity contribution in [3.63, 3.8) is 0 Å². The number of nitrogens with two attached hydrogens (primary N) is 1. The normalized spacial score (nSPS) is 23.6. The Morgan fingerprint density at radius 2 is 1.58 bits per heavy atom. The number of ether oxygens (including phenoxy) is 1. The molecule has 3 rings (SSSR count). The maximum Gasteiger partial charge on any atom is 0.120 e. The summed E-state index contributed by atoms with van der Waals surface area (Å²) in [6.07, 6.45) is 5.11. The number of benzene rings is 2. The molecule has 1 aliphatic rings. The van der Waals surface area contributed by atoms with E-state index in [9.17, 15) is 5.11 Å². The van der Waals surface area contributed by atoms with E-state index in [1.54, 1.807) is 0 Å². The molecule has 3 heteroatoms. The Kier molecular flexibility index (Phi) is 5.32. The highest BCUT2D eigenvalue weighted by atomic mass is 16.5. The molecule has 3 nitrogen and oxygen atoms in total. The zero-order valence-corrected chi connectivity index (χ0v) is 16.6. The van der Waals surface area contributed by atoms with Crippen molar-refractivity contribution < 1.29 is 9.84 Å². The predicted octanol–water partition coefficient (Wildman–Crippen LogP) is 4.99. The van der Waals surface area contributed by atoms with Gasteiger partial charge in [-0.1, -0.05) is 39.0 Å². The molecule has 1 saturated carbocycles. The molecule has 1 fully saturated rings. The molecule has 2 aromatic carbocycles. The third kappa shape index (κ3) is 4.21. The van der Waals surface area contributed by atoms with Crippen LogP contribution >= 0.6 is 0 Å². The van der Waals surface area contributed by atoms with E-state index < -0.39 is 5.54 Å². The van der Waals surface area contributed by atoms with Crippen LogP contribution in [0.4, 0.5) is 0 Å². The Balaban J connectivity index is 1.69. The fraction of sp³-hybridized carbons (Fsp3) is 0.565. The molecule has 0 aromatic heterocycles. The van der Waals surface area contributed by atoms with Crippen LogP contribution in [0.1, 0.15) is 58.9 Å². The van der Waals surface area contributed by atoms with Gasteiger partial charge in [0.25, 0.3) is 0 Å². The molecule has 142 valence electrons. The van der Waals surface area contributed by atoms with Crippen molar-refractivity contribution in [2.45, 2.75) is 65.0 Å². The van der Waals surface area contributed by atoms with Crippen molar-refractivity contribution in [3.8, 4) is 5.75 Å². The lowest BCUT2D eigenvalue weighted by molar-refractivity contribution is 0.0883. The van der Waals surface area contributed by atoms with Gasteiger partial charge in [0.2, 0.25) is 0 Å². The Labute approximate surface area is 157 Å². The molecular formula is C23H33NO2. The fourth-order valence-electron chi connectivity index (χ4n) is 3.98. The molecule has 0 aliphatic heterocycles. The van der Waals surface area contributed by atoms with E-state index in [1.165, 1.54) is 12.8 Å². The van der Waals surface area contributed by atoms with Gasteiger partial charge < -0.3 is 15.6 Å². The Hall–Kier alpha value is -1.58. The van der Waals surface area contributed by atoms with E-state index in [-0.39, 0.29) is 6.61 Å². The van der Waals surface area contributed by atoms with Crippen LogP contribution < -0.4 is 10.5 Å². The largest absolute Gasteiger partial charge is 0.490 e. The third-order valence-electron chi connectivity index (χ3n) is 6.00. The van der Waals surface area contributed by atoms with Gasteiger partial charge >= 0.3 is 0 Å². The third-order valence-corrected chi connectivity index (χ3v) is 6.00. The molecule has 0 amide bonds. The van der Waals surface area contributed by atoms with E-state index >= 15 is 0 Å². The van der Waals surface area contributed by atoms with Crippen LogP contribution in [-0.4, -0.2) is 17.8 Å². The van der Waals surface area contributed by atoms with Gasteiger partial charge in [0.1, 0.15) is 5.75 Å². The molecule has 1 aliphatic carbocycles. The minimum Gasteiger partial charge on any atom is -0.490 e. The standard InChI is InChI=1S/C23H33NO2/c1-22(2,3)18-8-11-20(12-9-18)26-21-10-6-16-13-19(23(4,24)15-25)7-5-17(16)14-21/h5-7,10,13-14,18,20,25H,8-9,11-12,15,24H2,1-4H3/t18?,20?,23-/m0/s1. The second-order valence-electron chi connectivity index (χ2n) is 9.26. The summed E-state index contributed by atoms with van der Waals surface area (Å²) in [5, 5.41) is 11.7. The lowest BCUT2D eigenvalue weighted by Gasteiger charge is -2.37. The molecule has 2 aromatic rings. The second-order valence-corrected chi connectivity index (χ2v) is 9.26. The van der Waals surface area contributed by atoms with Crippen LogP contribution in [0.25, 0.3) is 10.8 Å². The van der Waals surface area contributed by atoms with Gasteiger partial charge in [-0.05, 0) is 78.5 Å². The number of fused-ring (bicyclic) bond motifs is 1. The molecule has 0 spiro atoms. The minimum absolute atomic E-state index is 0.0725. The topological polar surface area (TPSA) is 55.5 Å². The summed E-state index contributed by atoms with van der Waals surface area (Å²) in [4.78, 5) is 0. The Bertz CT molecular complexity index is 752. The van der Waals surface area contributed by atoms with Gasteiger partial charge in [0.15, 0.2) is 0 Å². The van der Waals surface area contributed by atoms with E-state index in [0.29, 0.717) is 11.5 Å². The number of rotatable bonds is 4. The quantitative estimate of drug-likeness (QED) is 0.812. The molecule has 1 atom stereocenters. The van der Waals surface area contributed by atoms with Gasteiger partial charge in [0, 0.05) is 0 Å². The lowest BCUT2D eigenvalue weighted by atomic mass is 9.72. The van der Waals surface area contributed by atoms with E-state index in [2.05, 4.69) is 51.1 Å². The van der Waals surface area contributed by atoms with E-state index in [4.69, 9.17) is 10.5 Å². The lowest BCUT2D eigenvalue weighted by Crippen LogP contribution is -2.36. The Morgan fingerprint density at radius 3 is 2.19 bits per heavy atom. The Morgan fingerprint density at radius 1 is 0.962 bits per heavy atom. The van der Waals surface area contributed by atoms with Crippen molar-refractivity contribution in [1.82, 2.24) is 0 Å². The first-order valence-corrected chi connectivity index (χ1v) is 9.80. The van der Waals surface area contributed by atoms with Crippen LogP contribution in [0.3, 0.4) is 0 Å². The molecule has 0 saturated heterocycles. The zero-order chi connectivity index (χ0) is 18.9. The summed E-state index contributed by atoms with van der Waals surface area (Å²) in [6.45, 7) is 8.81. The number of hydrogen-bond donors (Lipinski definition) is 2. The summed E-state index contributed by atoms with van der Waals surface area (Å²) < 4.78 is 6.28. The molecule has 3 N–H and O–H groups in total. The van der Waals surface area contributed by atoms with Gasteiger partial charge in [-0.2, -0.15) is 0 Å². The summed E-state index contributed by atoms with van der Waals surface area (Å²) >= 11 is 0. The van der Waals surface area contributed by atoms with Crippen LogP contribution in [0, 0.1) is 11.3 Å². The summed E-state index contributed by atoms with van der Waals surface area (Å²) in [5.74, 6) is 1.75. The highest BCUT2D eigenvalue weighted by Crippen LogP contribution is 2.39. The van der Waals surface area contributed by atoms with Gasteiger partial charge in [-0.3, -0.25) is 0 Å². The first-order chi connectivity index (χ1) is 12.2. The van der Waals surface area contributed by atoms with E-state index in [0.717, 1.165) is 40.8 Å². The molecule has 0 unspecified atom stereocenters. The molecule has 0 heterocycles. The minimum atomic E-state index is -0.713. The highest BCUT2D eigenvalue weighted by molar-refractivity contribution is 5.84. The van der Waals surface area contributed by atoms with Crippen molar-refractivity contribution >= 4 is 10.8 Å². The molecule has 0 bridgehead atoms. The summed E-state index contributed by atoms with van der Waals surface area (Å²) in [6, 6.07) is 12.4. The molecular weight excluding hydrogens is 322 g/mol. The number of aliphatic hydroxyl groups is 1. The fourth-order valence-corrected chi connectivity index (χ4v) is 3.98. The summed E-state index contributed by atoms with van der Waals surface area (Å²) in [5.41, 5.74) is 6.78. The number of aliphatic hydroxyl groups excluding tert-OH is 1. The first-order valence-electron chi connectivity index (χ1n) is 9.80. The molecule has 26 heavy (non-hydrogen) atoms. The summed E-state index contributed by atoms with van der Waals surface area (Å²) in [7, 11) is 0. The maximum absolute atomic E-state index is 9.47. The highest BCUT2D eigenvalue weighted by Gasteiger charge is 2.30. The van der Waals surface area contributed by atoms with E-state index in [1.807, 2.05) is 13.0 Å². The predicted molar refractivity (Wildman–Crippen MR) is 108 cm³/mol. The maximum atomic E-state index is 9.47. The van der Waals surface area contributed by atoms with Crippen molar-refractivity contribution in [1.29, 1.82) is 0 Å². The second kappa shape index (κ2) is 7.21. The first kappa shape index (κ1) is 19.2. The average Bonchev–Trinajstić information content (AvgIpc) is 2.61. The number of hydrogen-bond acceptors (Lipinski definition) is 3. The van der Waals surface area contributed by atoms with Crippen molar-refractivity contribution in [2.75, 3.05) is 6.61 Å². The van der Waals surface area contributed by atoms with Crippen molar-refractivity contribution in [3.05, 3.63) is 42.0 Å². The monoisotopic (exact) mass is 355 g/mol. The van der Waals surface area contributed by atoms with Crippen LogP contribution in [0.2, 0.25) is 0 Å². The van der Waals surface area contributed by atoms with Gasteiger partial charge in [0.05, 0.1) is 18.2 Å². The van der Waals surface area contributed by atoms with Gasteiger partial charge in [-0.25, -0.2) is 0 Å². The smallest absolute Gasteiger partial charge is 0.120 e. The van der Waals surface area contributed by atoms with Crippen LogP contribution in [0.15, 0.2) is 36.4 Å².